The molecule has 1 fully saturated rings. The molecule has 212 valence electrons. The molecule has 41 heavy (non-hydrogen) atoms. The Hall–Kier alpha value is -3.72. The zero-order chi connectivity index (χ0) is 28.3. The Morgan fingerprint density at radius 3 is 2.54 bits per heavy atom. The predicted octanol–water partition coefficient (Wildman–Crippen LogP) is 5.83. The van der Waals surface area contributed by atoms with Gasteiger partial charge in [0.25, 0.3) is 5.91 Å². The molecule has 1 saturated heterocycles. The Kier molecular flexibility index (Phi) is 8.05. The van der Waals surface area contributed by atoms with Crippen LogP contribution in [0.3, 0.4) is 0 Å². The van der Waals surface area contributed by atoms with Crippen LogP contribution in [0.15, 0.2) is 66.7 Å². The minimum Gasteiger partial charge on any atom is -0.454 e. The average molecular weight is 593 g/mol. The van der Waals surface area contributed by atoms with Crippen LogP contribution < -0.4 is 19.7 Å². The van der Waals surface area contributed by atoms with Gasteiger partial charge in [-0.05, 0) is 44.2 Å². The van der Waals surface area contributed by atoms with Crippen LogP contribution in [0.1, 0.15) is 22.6 Å². The lowest BCUT2D eigenvalue weighted by atomic mass is 10.2. The average Bonchev–Trinajstić information content (AvgIpc) is 3.61. The third-order valence-corrected chi connectivity index (χ3v) is 8.36. The summed E-state index contributed by atoms with van der Waals surface area (Å²) in [6, 6.07) is 21.4. The molecule has 6 rings (SSSR count). The quantitative estimate of drug-likeness (QED) is 0.260. The maximum Gasteiger partial charge on any atom is 0.271 e. The minimum absolute atomic E-state index is 0.181. The van der Waals surface area contributed by atoms with Crippen molar-refractivity contribution in [2.45, 2.75) is 13.3 Å². The number of amides is 1. The van der Waals surface area contributed by atoms with E-state index in [9.17, 15) is 4.79 Å². The number of benzene rings is 3. The molecule has 4 aromatic rings. The number of hydrogen-bond donors (Lipinski definition) is 1. The number of hydrogen-bond acceptors (Lipinski definition) is 6. The van der Waals surface area contributed by atoms with Gasteiger partial charge in [-0.25, -0.2) is 4.98 Å². The van der Waals surface area contributed by atoms with Crippen molar-refractivity contribution in [2.75, 3.05) is 51.0 Å². The molecule has 8 nitrogen and oxygen atoms in total. The lowest BCUT2D eigenvalue weighted by Crippen LogP contribution is -2.47. The molecule has 3 aromatic carbocycles. The van der Waals surface area contributed by atoms with Crippen molar-refractivity contribution in [3.8, 4) is 28.6 Å². The highest BCUT2D eigenvalue weighted by molar-refractivity contribution is 6.43. The summed E-state index contributed by atoms with van der Waals surface area (Å²) in [4.78, 5) is 22.8. The molecule has 1 amide bonds. The molecule has 10 heteroatoms. The van der Waals surface area contributed by atoms with Gasteiger partial charge in [-0.2, -0.15) is 0 Å². The third kappa shape index (κ3) is 5.73. The molecule has 0 radical (unpaired) electrons. The summed E-state index contributed by atoms with van der Waals surface area (Å²) in [6.07, 6.45) is 0.844. The van der Waals surface area contributed by atoms with Crippen LogP contribution in [-0.2, 0) is 0 Å². The van der Waals surface area contributed by atoms with E-state index in [1.54, 1.807) is 0 Å². The van der Waals surface area contributed by atoms with Crippen molar-refractivity contribution in [3.05, 3.63) is 88.2 Å². The SMILES string of the molecule is Cc1c(C(=O)NCCCN2CCN(c3cccc(Cl)c3Cl)CC2)nc(-c2ccccc2)n1-c1ccc2c(c1)OCO2. The maximum atomic E-state index is 13.3. The van der Waals surface area contributed by atoms with Crippen molar-refractivity contribution in [3.63, 3.8) is 0 Å². The number of nitrogens with zero attached hydrogens (tertiary/aromatic N) is 4. The highest BCUT2D eigenvalue weighted by Gasteiger charge is 2.24. The van der Waals surface area contributed by atoms with Gasteiger partial charge in [0.05, 0.1) is 27.1 Å². The summed E-state index contributed by atoms with van der Waals surface area (Å²) in [6.45, 7) is 7.20. The van der Waals surface area contributed by atoms with Crippen LogP contribution in [0.25, 0.3) is 17.1 Å². The number of halogens is 2. The van der Waals surface area contributed by atoms with Crippen molar-refractivity contribution in [2.24, 2.45) is 0 Å². The lowest BCUT2D eigenvalue weighted by molar-refractivity contribution is 0.0946. The Balaban J connectivity index is 1.09. The molecule has 0 aliphatic carbocycles. The van der Waals surface area contributed by atoms with E-state index in [-0.39, 0.29) is 12.7 Å². The lowest BCUT2D eigenvalue weighted by Gasteiger charge is -2.36. The molecule has 0 saturated carbocycles. The van der Waals surface area contributed by atoms with Crippen LogP contribution in [-0.4, -0.2) is 66.4 Å². The molecule has 2 aliphatic heterocycles. The minimum atomic E-state index is -0.181. The number of carbonyl (C=O) groups is 1. The molecular formula is C31H31Cl2N5O3. The zero-order valence-corrected chi connectivity index (χ0v) is 24.3. The van der Waals surface area contributed by atoms with Gasteiger partial charge in [0.1, 0.15) is 11.5 Å². The van der Waals surface area contributed by atoms with E-state index in [2.05, 4.69) is 15.1 Å². The zero-order valence-electron chi connectivity index (χ0n) is 22.8. The topological polar surface area (TPSA) is 71.9 Å². The Morgan fingerprint density at radius 1 is 0.951 bits per heavy atom. The number of carbonyl (C=O) groups excluding carboxylic acids is 1. The van der Waals surface area contributed by atoms with Crippen molar-refractivity contribution in [1.82, 2.24) is 19.8 Å². The molecule has 3 heterocycles. The van der Waals surface area contributed by atoms with Crippen LogP contribution in [0.5, 0.6) is 11.5 Å². The predicted molar refractivity (Wildman–Crippen MR) is 162 cm³/mol. The Morgan fingerprint density at radius 2 is 1.73 bits per heavy atom. The fourth-order valence-electron chi connectivity index (χ4n) is 5.38. The monoisotopic (exact) mass is 591 g/mol. The van der Waals surface area contributed by atoms with Gasteiger partial charge in [-0.1, -0.05) is 59.6 Å². The first-order valence-corrected chi connectivity index (χ1v) is 14.5. The number of ether oxygens (including phenoxy) is 2. The molecular weight excluding hydrogens is 561 g/mol. The number of anilines is 1. The summed E-state index contributed by atoms with van der Waals surface area (Å²) in [5, 5.41) is 4.27. The maximum absolute atomic E-state index is 13.3. The van der Waals surface area contributed by atoms with Crippen molar-refractivity contribution >= 4 is 34.8 Å². The standard InChI is InChI=1S/C31H31Cl2N5O3/c1-21-29(31(39)34-13-6-14-36-15-17-37(18-16-36)25-10-5-9-24(32)28(25)33)35-30(22-7-3-2-4-8-22)38(21)23-11-12-26-27(19-23)41-20-40-26/h2-5,7-12,19H,6,13-18,20H2,1H3,(H,34,39). The van der Waals surface area contributed by atoms with E-state index >= 15 is 0 Å². The van der Waals surface area contributed by atoms with Gasteiger partial charge in [0.15, 0.2) is 11.5 Å². The number of nitrogens with one attached hydrogen (secondary N) is 1. The van der Waals surface area contributed by atoms with Gasteiger partial charge in [-0.3, -0.25) is 14.3 Å². The normalized spacial score (nSPS) is 14.9. The van der Waals surface area contributed by atoms with E-state index < -0.39 is 0 Å². The number of imidazole rings is 1. The van der Waals surface area contributed by atoms with Crippen LogP contribution in [0.2, 0.25) is 10.0 Å². The third-order valence-electron chi connectivity index (χ3n) is 7.55. The van der Waals surface area contributed by atoms with E-state index in [4.69, 9.17) is 37.7 Å². The number of fused-ring (bicyclic) bond motifs is 1. The molecule has 1 aromatic heterocycles. The van der Waals surface area contributed by atoms with Gasteiger partial charge in [-0.15, -0.1) is 0 Å². The summed E-state index contributed by atoms with van der Waals surface area (Å²) >= 11 is 12.6. The first-order chi connectivity index (χ1) is 20.0. The summed E-state index contributed by atoms with van der Waals surface area (Å²) in [5.41, 5.74) is 3.93. The fourth-order valence-corrected chi connectivity index (χ4v) is 5.79. The van der Waals surface area contributed by atoms with Gasteiger partial charge >= 0.3 is 0 Å². The molecule has 0 bridgehead atoms. The Bertz CT molecular complexity index is 1550. The first-order valence-electron chi connectivity index (χ1n) is 13.7. The number of aromatic nitrogens is 2. The molecule has 0 spiro atoms. The molecule has 0 unspecified atom stereocenters. The first kappa shape index (κ1) is 27.4. The van der Waals surface area contributed by atoms with Gasteiger partial charge in [0, 0.05) is 44.4 Å². The number of rotatable bonds is 8. The molecule has 1 N–H and O–H groups in total. The van der Waals surface area contributed by atoms with Gasteiger partial charge < -0.3 is 19.7 Å². The van der Waals surface area contributed by atoms with Crippen molar-refractivity contribution < 1.29 is 14.3 Å². The highest BCUT2D eigenvalue weighted by atomic mass is 35.5. The summed E-state index contributed by atoms with van der Waals surface area (Å²) in [5.74, 6) is 1.90. The number of piperazine rings is 1. The second kappa shape index (κ2) is 12.0. The van der Waals surface area contributed by atoms with E-state index in [0.717, 1.165) is 61.8 Å². The summed E-state index contributed by atoms with van der Waals surface area (Å²) in [7, 11) is 0. The molecule has 2 aliphatic rings. The van der Waals surface area contributed by atoms with Crippen LogP contribution in [0, 0.1) is 6.92 Å². The summed E-state index contributed by atoms with van der Waals surface area (Å²) < 4.78 is 13.1. The molecule has 0 atom stereocenters. The van der Waals surface area contributed by atoms with E-state index in [0.29, 0.717) is 39.6 Å². The Labute approximate surface area is 249 Å². The van der Waals surface area contributed by atoms with Crippen molar-refractivity contribution in [1.29, 1.82) is 0 Å². The van der Waals surface area contributed by atoms with E-state index in [1.165, 1.54) is 0 Å². The second-order valence-electron chi connectivity index (χ2n) is 10.1. The second-order valence-corrected chi connectivity index (χ2v) is 10.9. The van der Waals surface area contributed by atoms with E-state index in [1.807, 2.05) is 78.2 Å². The fraction of sp³-hybridized carbons (Fsp3) is 0.290. The smallest absolute Gasteiger partial charge is 0.271 e. The van der Waals surface area contributed by atoms with Crippen LogP contribution in [0.4, 0.5) is 5.69 Å². The van der Waals surface area contributed by atoms with Gasteiger partial charge in [0.2, 0.25) is 6.79 Å². The van der Waals surface area contributed by atoms with Crippen LogP contribution >= 0.6 is 23.2 Å². The largest absolute Gasteiger partial charge is 0.454 e. The highest BCUT2D eigenvalue weighted by Crippen LogP contribution is 2.36.